The minimum atomic E-state index is -0.762. The van der Waals surface area contributed by atoms with Crippen LogP contribution in [0.5, 0.6) is 0 Å². The van der Waals surface area contributed by atoms with Crippen LogP contribution in [0.4, 0.5) is 8.78 Å². The lowest BCUT2D eigenvalue weighted by Crippen LogP contribution is -1.94. The molecule has 0 radical (unpaired) electrons. The molecule has 52 valence electrons. The molecule has 0 N–H and O–H groups in total. The van der Waals surface area contributed by atoms with Crippen molar-refractivity contribution >= 4 is 0 Å². The molecule has 2 heteroatoms. The smallest absolute Gasteiger partial charge is 0.135 e. The van der Waals surface area contributed by atoms with Crippen LogP contribution in [0.3, 0.4) is 0 Å². The Balaban J connectivity index is 4.04. The Kier molecular flexibility index (Phi) is 3.13. The van der Waals surface area contributed by atoms with E-state index in [0.717, 1.165) is 0 Å². The van der Waals surface area contributed by atoms with Crippen molar-refractivity contribution in [3.05, 3.63) is 24.3 Å². The van der Waals surface area contributed by atoms with Gasteiger partial charge in [-0.2, -0.15) is 0 Å². The minimum Gasteiger partial charge on any atom is -0.213 e. The molecule has 0 saturated heterocycles. The Morgan fingerprint density at radius 3 is 2.22 bits per heavy atom. The summed E-state index contributed by atoms with van der Waals surface area (Å²) in [6, 6.07) is 0. The van der Waals surface area contributed by atoms with Gasteiger partial charge in [0.2, 0.25) is 0 Å². The fourth-order valence-electron chi connectivity index (χ4n) is 0.330. The molecule has 1 atom stereocenters. The summed E-state index contributed by atoms with van der Waals surface area (Å²) in [7, 11) is 0. The van der Waals surface area contributed by atoms with Crippen LogP contribution in [-0.4, -0.2) is 0 Å². The molecule has 0 saturated carbocycles. The molecule has 0 amide bonds. The van der Waals surface area contributed by atoms with E-state index in [1.807, 2.05) is 0 Å². The highest BCUT2D eigenvalue weighted by Crippen LogP contribution is 2.18. The third-order valence-electron chi connectivity index (χ3n) is 1.26. The van der Waals surface area contributed by atoms with Crippen molar-refractivity contribution in [2.24, 2.45) is 5.92 Å². The van der Waals surface area contributed by atoms with Crippen molar-refractivity contribution in [3.8, 4) is 0 Å². The summed E-state index contributed by atoms with van der Waals surface area (Å²) in [5.41, 5.74) is 0.626. The molecule has 0 fully saturated rings. The molecular formula is C7H10F2. The van der Waals surface area contributed by atoms with E-state index in [1.54, 1.807) is 13.8 Å². The predicted octanol–water partition coefficient (Wildman–Crippen LogP) is 2.98. The standard InChI is InChI=1S/C7H10F2/c1-5(2)6(3)7(9)4-8/h4,6H,1H2,2-3H3/b7-4-. The van der Waals surface area contributed by atoms with Crippen molar-refractivity contribution in [1.82, 2.24) is 0 Å². The zero-order valence-electron chi connectivity index (χ0n) is 5.62. The van der Waals surface area contributed by atoms with Crippen LogP contribution in [-0.2, 0) is 0 Å². The van der Waals surface area contributed by atoms with E-state index >= 15 is 0 Å². The van der Waals surface area contributed by atoms with Gasteiger partial charge in [0.15, 0.2) is 0 Å². The summed E-state index contributed by atoms with van der Waals surface area (Å²) in [4.78, 5) is 0. The van der Waals surface area contributed by atoms with Gasteiger partial charge < -0.3 is 0 Å². The molecule has 0 rings (SSSR count). The largest absolute Gasteiger partial charge is 0.213 e. The first-order chi connectivity index (χ1) is 4.09. The summed E-state index contributed by atoms with van der Waals surface area (Å²) in [5.74, 6) is -1.25. The molecule has 9 heavy (non-hydrogen) atoms. The monoisotopic (exact) mass is 132 g/mol. The number of halogens is 2. The van der Waals surface area contributed by atoms with E-state index in [-0.39, 0.29) is 6.33 Å². The lowest BCUT2D eigenvalue weighted by atomic mass is 10.0. The molecule has 0 aliphatic carbocycles. The highest BCUT2D eigenvalue weighted by molar-refractivity contribution is 5.08. The first-order valence-corrected chi connectivity index (χ1v) is 2.70. The molecule has 0 heterocycles. The molecule has 0 aliphatic rings. The molecule has 0 nitrogen and oxygen atoms in total. The average Bonchev–Trinajstić information content (AvgIpc) is 1.84. The van der Waals surface area contributed by atoms with Crippen molar-refractivity contribution < 1.29 is 8.78 Å². The molecule has 0 spiro atoms. The van der Waals surface area contributed by atoms with Crippen LogP contribution in [0.25, 0.3) is 0 Å². The van der Waals surface area contributed by atoms with Gasteiger partial charge in [-0.05, 0) is 6.92 Å². The van der Waals surface area contributed by atoms with Gasteiger partial charge in [-0.25, -0.2) is 8.78 Å². The summed E-state index contributed by atoms with van der Waals surface area (Å²) in [6.45, 7) is 6.70. The van der Waals surface area contributed by atoms with E-state index in [4.69, 9.17) is 0 Å². The Morgan fingerprint density at radius 1 is 1.67 bits per heavy atom. The maximum absolute atomic E-state index is 12.2. The van der Waals surface area contributed by atoms with Crippen LogP contribution < -0.4 is 0 Å². The van der Waals surface area contributed by atoms with Crippen molar-refractivity contribution in [3.63, 3.8) is 0 Å². The summed E-state index contributed by atoms with van der Waals surface area (Å²) in [5, 5.41) is 0. The molecule has 0 bridgehead atoms. The topological polar surface area (TPSA) is 0 Å². The zero-order valence-corrected chi connectivity index (χ0v) is 5.62. The summed E-state index contributed by atoms with van der Waals surface area (Å²) >= 11 is 0. The second kappa shape index (κ2) is 3.38. The lowest BCUT2D eigenvalue weighted by Gasteiger charge is -2.04. The van der Waals surface area contributed by atoms with E-state index in [1.165, 1.54) is 0 Å². The molecule has 0 aliphatic heterocycles. The average molecular weight is 132 g/mol. The van der Waals surface area contributed by atoms with Gasteiger partial charge in [0, 0.05) is 5.92 Å². The zero-order chi connectivity index (χ0) is 7.44. The Bertz CT molecular complexity index is 136. The third kappa shape index (κ3) is 2.40. The Morgan fingerprint density at radius 2 is 2.11 bits per heavy atom. The first kappa shape index (κ1) is 8.34. The van der Waals surface area contributed by atoms with Crippen LogP contribution in [0.1, 0.15) is 13.8 Å². The maximum Gasteiger partial charge on any atom is 0.135 e. The summed E-state index contributed by atoms with van der Waals surface area (Å²) < 4.78 is 23.6. The van der Waals surface area contributed by atoms with Crippen LogP contribution in [0.15, 0.2) is 24.3 Å². The number of hydrogen-bond donors (Lipinski definition) is 0. The fourth-order valence-corrected chi connectivity index (χ4v) is 0.330. The summed E-state index contributed by atoms with van der Waals surface area (Å²) in [6.07, 6.45) is -0.0284. The predicted molar refractivity (Wildman–Crippen MR) is 34.3 cm³/mol. The number of hydrogen-bond acceptors (Lipinski definition) is 0. The second-order valence-corrected chi connectivity index (χ2v) is 2.06. The van der Waals surface area contributed by atoms with Crippen molar-refractivity contribution in [1.29, 1.82) is 0 Å². The van der Waals surface area contributed by atoms with Gasteiger partial charge >= 0.3 is 0 Å². The molecular weight excluding hydrogens is 122 g/mol. The van der Waals surface area contributed by atoms with Gasteiger partial charge in [-0.3, -0.25) is 0 Å². The normalized spacial score (nSPS) is 15.3. The Hall–Kier alpha value is -0.660. The van der Waals surface area contributed by atoms with Crippen LogP contribution in [0, 0.1) is 5.92 Å². The quantitative estimate of drug-likeness (QED) is 0.506. The van der Waals surface area contributed by atoms with E-state index < -0.39 is 11.7 Å². The van der Waals surface area contributed by atoms with E-state index in [2.05, 4.69) is 6.58 Å². The van der Waals surface area contributed by atoms with E-state index in [9.17, 15) is 8.78 Å². The Labute approximate surface area is 53.9 Å². The van der Waals surface area contributed by atoms with E-state index in [0.29, 0.717) is 5.57 Å². The second-order valence-electron chi connectivity index (χ2n) is 2.06. The molecule has 1 unspecified atom stereocenters. The van der Waals surface area contributed by atoms with Gasteiger partial charge in [-0.1, -0.05) is 19.1 Å². The number of rotatable bonds is 2. The van der Waals surface area contributed by atoms with Gasteiger partial charge in [0.1, 0.15) is 12.2 Å². The number of allylic oxidation sites excluding steroid dienone is 2. The first-order valence-electron chi connectivity index (χ1n) is 2.70. The minimum absolute atomic E-state index is 0.0284. The van der Waals surface area contributed by atoms with Gasteiger partial charge in [-0.15, -0.1) is 0 Å². The fraction of sp³-hybridized carbons (Fsp3) is 0.429. The molecule has 0 aromatic rings. The van der Waals surface area contributed by atoms with Crippen molar-refractivity contribution in [2.75, 3.05) is 0 Å². The highest BCUT2D eigenvalue weighted by Gasteiger charge is 2.07. The highest BCUT2D eigenvalue weighted by atomic mass is 19.2. The third-order valence-corrected chi connectivity index (χ3v) is 1.26. The lowest BCUT2D eigenvalue weighted by molar-refractivity contribution is 0.502. The SMILES string of the molecule is C=C(C)C(C)/C(F)=C/F. The maximum atomic E-state index is 12.2. The van der Waals surface area contributed by atoms with Crippen LogP contribution in [0.2, 0.25) is 0 Å². The van der Waals surface area contributed by atoms with Gasteiger partial charge in [0.05, 0.1) is 0 Å². The molecule has 0 aromatic carbocycles. The molecule has 0 aromatic heterocycles. The van der Waals surface area contributed by atoms with Crippen molar-refractivity contribution in [2.45, 2.75) is 13.8 Å². The van der Waals surface area contributed by atoms with Gasteiger partial charge in [0.25, 0.3) is 0 Å². The van der Waals surface area contributed by atoms with Crippen LogP contribution >= 0.6 is 0 Å².